The van der Waals surface area contributed by atoms with E-state index in [-0.39, 0.29) is 6.61 Å². The Hall–Kier alpha value is -3.59. The first-order valence-electron chi connectivity index (χ1n) is 11.0. The molecule has 2 amide bonds. The Morgan fingerprint density at radius 3 is 2.21 bits per heavy atom. The number of imide groups is 1. The van der Waals surface area contributed by atoms with Gasteiger partial charge < -0.3 is 18.9 Å². The number of hydrogen-bond acceptors (Lipinski definition) is 8. The van der Waals surface area contributed by atoms with Crippen molar-refractivity contribution in [2.75, 3.05) is 32.8 Å². The third kappa shape index (κ3) is 3.56. The lowest BCUT2D eigenvalue weighted by molar-refractivity contribution is -0.153. The number of carbonyl (C=O) groups excluding carboxylic acids is 3. The number of nitrogens with zero attached hydrogens (tertiary/aromatic N) is 1. The fourth-order valence-corrected chi connectivity index (χ4v) is 4.94. The molecular formula is C25H28N2O7. The third-order valence-electron chi connectivity index (χ3n) is 6.59. The van der Waals surface area contributed by atoms with Crippen LogP contribution in [0.15, 0.2) is 42.5 Å². The van der Waals surface area contributed by atoms with Crippen molar-refractivity contribution in [1.82, 2.24) is 5.32 Å². The van der Waals surface area contributed by atoms with E-state index in [1.165, 1.54) is 14.2 Å². The Balaban J connectivity index is 1.82. The zero-order valence-corrected chi connectivity index (χ0v) is 19.8. The Kier molecular flexibility index (Phi) is 6.22. The van der Waals surface area contributed by atoms with Gasteiger partial charge in [0.1, 0.15) is 22.8 Å². The zero-order valence-electron chi connectivity index (χ0n) is 19.8. The van der Waals surface area contributed by atoms with E-state index in [0.717, 1.165) is 4.90 Å². The van der Waals surface area contributed by atoms with Gasteiger partial charge in [-0.3, -0.25) is 19.7 Å². The van der Waals surface area contributed by atoms with Gasteiger partial charge >= 0.3 is 5.97 Å². The molecule has 1 N–H and O–H groups in total. The highest BCUT2D eigenvalue weighted by Crippen LogP contribution is 2.51. The van der Waals surface area contributed by atoms with Crippen LogP contribution in [0.4, 0.5) is 5.69 Å². The first-order chi connectivity index (χ1) is 16.3. The van der Waals surface area contributed by atoms with E-state index in [2.05, 4.69) is 5.32 Å². The number of methoxy groups -OCH3 is 3. The molecule has 2 aromatic carbocycles. The van der Waals surface area contributed by atoms with Gasteiger partial charge in [-0.1, -0.05) is 6.07 Å². The number of nitrogens with one attached hydrogen (secondary N) is 1. The average molecular weight is 469 g/mol. The summed E-state index contributed by atoms with van der Waals surface area (Å²) in [6.45, 7) is 3.46. The van der Waals surface area contributed by atoms with Gasteiger partial charge in [0.2, 0.25) is 11.8 Å². The van der Waals surface area contributed by atoms with Crippen LogP contribution in [0.25, 0.3) is 0 Å². The number of benzene rings is 2. The number of ether oxygens (including phenoxy) is 4. The molecule has 9 nitrogen and oxygen atoms in total. The van der Waals surface area contributed by atoms with Gasteiger partial charge in [0.05, 0.1) is 45.5 Å². The maximum Gasteiger partial charge on any atom is 0.326 e. The second-order valence-electron chi connectivity index (χ2n) is 8.37. The van der Waals surface area contributed by atoms with Gasteiger partial charge in [0.25, 0.3) is 0 Å². The summed E-state index contributed by atoms with van der Waals surface area (Å²) in [5.41, 5.74) is -0.356. The van der Waals surface area contributed by atoms with Gasteiger partial charge in [-0.15, -0.1) is 0 Å². The molecule has 0 radical (unpaired) electrons. The normalized spacial score (nSPS) is 25.8. The Morgan fingerprint density at radius 2 is 1.62 bits per heavy atom. The molecule has 9 heteroatoms. The van der Waals surface area contributed by atoms with Crippen LogP contribution in [0.5, 0.6) is 17.2 Å². The molecule has 34 heavy (non-hydrogen) atoms. The molecule has 0 saturated carbocycles. The van der Waals surface area contributed by atoms with Crippen LogP contribution in [0.1, 0.15) is 25.5 Å². The zero-order chi connectivity index (χ0) is 24.6. The molecule has 4 atom stereocenters. The van der Waals surface area contributed by atoms with Crippen molar-refractivity contribution in [3.8, 4) is 17.2 Å². The molecule has 2 fully saturated rings. The maximum atomic E-state index is 13.7. The second-order valence-corrected chi connectivity index (χ2v) is 8.37. The number of rotatable bonds is 7. The van der Waals surface area contributed by atoms with E-state index in [1.807, 2.05) is 0 Å². The molecule has 0 aromatic heterocycles. The molecular weight excluding hydrogens is 440 g/mol. The van der Waals surface area contributed by atoms with Crippen molar-refractivity contribution in [1.29, 1.82) is 0 Å². The standard InChI is InChI=1S/C25H28N2O7/c1-6-34-24(30)25(2)20-19(21(26-25)17-12-11-16(32-4)13-18(17)33-5)22(28)27(23(20)29)14-7-9-15(31-3)10-8-14/h7-13,19-21,26H,6H2,1-5H3/t19-,20+,21-,25-/m1/s1. The fraction of sp³-hybridized carbons (Fsp3) is 0.400. The summed E-state index contributed by atoms with van der Waals surface area (Å²) in [4.78, 5) is 41.7. The van der Waals surface area contributed by atoms with Crippen molar-refractivity contribution < 1.29 is 33.3 Å². The lowest BCUT2D eigenvalue weighted by atomic mass is 9.80. The average Bonchev–Trinajstić information content (AvgIpc) is 3.32. The number of hydrogen-bond donors (Lipinski definition) is 1. The van der Waals surface area contributed by atoms with Gasteiger partial charge in [0, 0.05) is 17.7 Å². The number of amides is 2. The third-order valence-corrected chi connectivity index (χ3v) is 6.59. The van der Waals surface area contributed by atoms with Crippen LogP contribution < -0.4 is 24.4 Å². The highest BCUT2D eigenvalue weighted by molar-refractivity contribution is 6.24. The molecule has 0 aliphatic carbocycles. The largest absolute Gasteiger partial charge is 0.497 e. The summed E-state index contributed by atoms with van der Waals surface area (Å²) in [6.07, 6.45) is 0. The molecule has 4 rings (SSSR count). The molecule has 0 unspecified atom stereocenters. The summed E-state index contributed by atoms with van der Waals surface area (Å²) in [7, 11) is 4.59. The molecule has 2 heterocycles. The van der Waals surface area contributed by atoms with Crippen molar-refractivity contribution in [2.24, 2.45) is 11.8 Å². The Labute approximate surface area is 197 Å². The first-order valence-corrected chi connectivity index (χ1v) is 11.0. The van der Waals surface area contributed by atoms with Crippen LogP contribution in [-0.4, -0.2) is 51.3 Å². The molecule has 2 aromatic rings. The minimum absolute atomic E-state index is 0.147. The van der Waals surface area contributed by atoms with Crippen molar-refractivity contribution in [3.05, 3.63) is 48.0 Å². The molecule has 2 aliphatic heterocycles. The topological polar surface area (TPSA) is 103 Å². The second kappa shape index (κ2) is 8.98. The van der Waals surface area contributed by atoms with Crippen LogP contribution in [0.3, 0.4) is 0 Å². The molecule has 0 bridgehead atoms. The lowest BCUT2D eigenvalue weighted by Crippen LogP contribution is -2.54. The quantitative estimate of drug-likeness (QED) is 0.488. The van der Waals surface area contributed by atoms with E-state index in [9.17, 15) is 14.4 Å². The predicted molar refractivity (Wildman–Crippen MR) is 123 cm³/mol. The van der Waals surface area contributed by atoms with Gasteiger partial charge in [-0.05, 0) is 44.2 Å². The van der Waals surface area contributed by atoms with Gasteiger partial charge in [-0.2, -0.15) is 0 Å². The minimum Gasteiger partial charge on any atom is -0.497 e. The number of carbonyl (C=O) groups is 3. The van der Waals surface area contributed by atoms with Crippen LogP contribution in [-0.2, 0) is 19.1 Å². The molecule has 2 saturated heterocycles. The molecule has 180 valence electrons. The van der Waals surface area contributed by atoms with Crippen LogP contribution >= 0.6 is 0 Å². The summed E-state index contributed by atoms with van der Waals surface area (Å²) >= 11 is 0. The highest BCUT2D eigenvalue weighted by atomic mass is 16.5. The first kappa shape index (κ1) is 23.6. The smallest absolute Gasteiger partial charge is 0.326 e. The molecule has 0 spiro atoms. The van der Waals surface area contributed by atoms with E-state index < -0.39 is 41.2 Å². The fourth-order valence-electron chi connectivity index (χ4n) is 4.94. The number of fused-ring (bicyclic) bond motifs is 1. The Bertz CT molecular complexity index is 1120. The van der Waals surface area contributed by atoms with E-state index >= 15 is 0 Å². The van der Waals surface area contributed by atoms with Crippen molar-refractivity contribution >= 4 is 23.5 Å². The highest BCUT2D eigenvalue weighted by Gasteiger charge is 2.67. The van der Waals surface area contributed by atoms with Crippen molar-refractivity contribution in [2.45, 2.75) is 25.4 Å². The maximum absolute atomic E-state index is 13.7. The van der Waals surface area contributed by atoms with Gasteiger partial charge in [-0.25, -0.2) is 4.90 Å². The van der Waals surface area contributed by atoms with Crippen LogP contribution in [0, 0.1) is 11.8 Å². The number of anilines is 1. The Morgan fingerprint density at radius 1 is 0.971 bits per heavy atom. The minimum atomic E-state index is -1.41. The summed E-state index contributed by atoms with van der Waals surface area (Å²) in [5.74, 6) is -1.59. The van der Waals surface area contributed by atoms with E-state index in [4.69, 9.17) is 18.9 Å². The summed E-state index contributed by atoms with van der Waals surface area (Å²) in [5, 5.41) is 3.25. The summed E-state index contributed by atoms with van der Waals surface area (Å²) < 4.78 is 21.4. The summed E-state index contributed by atoms with van der Waals surface area (Å²) in [6, 6.07) is 11.2. The predicted octanol–water partition coefficient (Wildman–Crippen LogP) is 2.48. The monoisotopic (exact) mass is 468 g/mol. The number of esters is 1. The lowest BCUT2D eigenvalue weighted by Gasteiger charge is -2.29. The van der Waals surface area contributed by atoms with E-state index in [0.29, 0.717) is 28.5 Å². The van der Waals surface area contributed by atoms with Crippen molar-refractivity contribution in [3.63, 3.8) is 0 Å². The van der Waals surface area contributed by atoms with Gasteiger partial charge in [0.15, 0.2) is 0 Å². The SMILES string of the molecule is CCOC(=O)[C@]1(C)N[C@H](c2ccc(OC)cc2OC)[C@@H]2C(=O)N(c3ccc(OC)cc3)C(=O)[C@H]21. The van der Waals surface area contributed by atoms with Crippen LogP contribution in [0.2, 0.25) is 0 Å². The van der Waals surface area contributed by atoms with E-state index in [1.54, 1.807) is 63.4 Å². The molecule has 2 aliphatic rings.